The summed E-state index contributed by atoms with van der Waals surface area (Å²) in [5, 5.41) is 2.94. The molecule has 0 radical (unpaired) electrons. The van der Waals surface area contributed by atoms with Crippen molar-refractivity contribution in [3.05, 3.63) is 66.2 Å². The van der Waals surface area contributed by atoms with Gasteiger partial charge in [-0.2, -0.15) is 0 Å². The summed E-state index contributed by atoms with van der Waals surface area (Å²) < 4.78 is 0. The van der Waals surface area contributed by atoms with Gasteiger partial charge in [0.25, 0.3) is 0 Å². The number of benzene rings is 2. The van der Waals surface area contributed by atoms with Gasteiger partial charge in [-0.3, -0.25) is 9.59 Å². The quantitative estimate of drug-likeness (QED) is 0.869. The molecule has 3 N–H and O–H groups in total. The maximum Gasteiger partial charge on any atom is 0.239 e. The van der Waals surface area contributed by atoms with Crippen LogP contribution in [-0.4, -0.2) is 35.8 Å². The van der Waals surface area contributed by atoms with Crippen molar-refractivity contribution in [1.82, 2.24) is 4.90 Å². The molecule has 2 aromatic rings. The first-order valence-corrected chi connectivity index (χ1v) is 9.07. The van der Waals surface area contributed by atoms with Gasteiger partial charge >= 0.3 is 0 Å². The lowest BCUT2D eigenvalue weighted by Gasteiger charge is -2.33. The fourth-order valence-electron chi connectivity index (χ4n) is 3.32. The average molecular weight is 351 g/mol. The van der Waals surface area contributed by atoms with E-state index < -0.39 is 6.04 Å². The number of carbonyl (C=O) groups is 2. The summed E-state index contributed by atoms with van der Waals surface area (Å²) in [6.45, 7) is 1.16. The minimum Gasteiger partial charge on any atom is -0.341 e. The Kier molecular flexibility index (Phi) is 6.02. The number of amides is 2. The van der Waals surface area contributed by atoms with E-state index in [0.717, 1.165) is 11.3 Å². The highest BCUT2D eigenvalue weighted by atomic mass is 16.2. The molecule has 2 amide bonds. The van der Waals surface area contributed by atoms with Crippen molar-refractivity contribution in [2.24, 2.45) is 11.7 Å². The Morgan fingerprint density at radius 3 is 2.19 bits per heavy atom. The third kappa shape index (κ3) is 4.70. The average Bonchev–Trinajstić information content (AvgIpc) is 2.69. The Balaban J connectivity index is 1.48. The third-order valence-electron chi connectivity index (χ3n) is 4.83. The van der Waals surface area contributed by atoms with Crippen molar-refractivity contribution in [2.45, 2.75) is 25.3 Å². The molecule has 1 saturated heterocycles. The second-order valence-electron chi connectivity index (χ2n) is 6.75. The molecular weight excluding hydrogens is 326 g/mol. The molecule has 0 aromatic heterocycles. The molecule has 136 valence electrons. The van der Waals surface area contributed by atoms with Crippen LogP contribution in [0.5, 0.6) is 0 Å². The number of para-hydroxylation sites is 1. The second-order valence-corrected chi connectivity index (χ2v) is 6.75. The Morgan fingerprint density at radius 2 is 1.58 bits per heavy atom. The van der Waals surface area contributed by atoms with Crippen molar-refractivity contribution in [2.75, 3.05) is 18.4 Å². The number of anilines is 1. The molecule has 5 heteroatoms. The van der Waals surface area contributed by atoms with Gasteiger partial charge in [-0.1, -0.05) is 48.5 Å². The lowest BCUT2D eigenvalue weighted by Crippen LogP contribution is -2.49. The van der Waals surface area contributed by atoms with E-state index in [1.807, 2.05) is 60.7 Å². The second kappa shape index (κ2) is 8.63. The lowest BCUT2D eigenvalue weighted by molar-refractivity contribution is -0.135. The van der Waals surface area contributed by atoms with E-state index in [4.69, 9.17) is 5.73 Å². The highest BCUT2D eigenvalue weighted by molar-refractivity contribution is 5.92. The number of piperidine rings is 1. The first-order valence-electron chi connectivity index (χ1n) is 9.07. The zero-order valence-electron chi connectivity index (χ0n) is 14.8. The minimum absolute atomic E-state index is 0.0249. The number of hydrogen-bond donors (Lipinski definition) is 2. The Hall–Kier alpha value is -2.66. The first kappa shape index (κ1) is 18.1. The van der Waals surface area contributed by atoms with Gasteiger partial charge in [0.05, 0.1) is 6.04 Å². The van der Waals surface area contributed by atoms with Crippen LogP contribution in [0, 0.1) is 5.92 Å². The Bertz CT molecular complexity index is 725. The van der Waals surface area contributed by atoms with E-state index in [1.165, 1.54) is 0 Å². The number of carbonyl (C=O) groups excluding carboxylic acids is 2. The Labute approximate surface area is 154 Å². The van der Waals surface area contributed by atoms with E-state index in [-0.39, 0.29) is 17.7 Å². The molecule has 3 rings (SSSR count). The van der Waals surface area contributed by atoms with E-state index in [9.17, 15) is 9.59 Å². The SMILES string of the molecule is NC(Cc1ccccc1)C(=O)N1CCC(C(=O)Nc2ccccc2)CC1. The summed E-state index contributed by atoms with van der Waals surface area (Å²) in [6, 6.07) is 18.7. The molecule has 5 nitrogen and oxygen atoms in total. The summed E-state index contributed by atoms with van der Waals surface area (Å²) in [5.74, 6) is -0.0720. The van der Waals surface area contributed by atoms with Gasteiger partial charge in [0.2, 0.25) is 11.8 Å². The first-order chi connectivity index (χ1) is 12.6. The van der Waals surface area contributed by atoms with Gasteiger partial charge in [-0.15, -0.1) is 0 Å². The zero-order chi connectivity index (χ0) is 18.4. The number of hydrogen-bond acceptors (Lipinski definition) is 3. The third-order valence-corrected chi connectivity index (χ3v) is 4.83. The summed E-state index contributed by atoms with van der Waals surface area (Å²) in [6.07, 6.45) is 1.87. The van der Waals surface area contributed by atoms with Crippen LogP contribution >= 0.6 is 0 Å². The molecule has 26 heavy (non-hydrogen) atoms. The molecule has 1 unspecified atom stereocenters. The van der Waals surface area contributed by atoms with Crippen molar-refractivity contribution >= 4 is 17.5 Å². The molecule has 0 saturated carbocycles. The summed E-state index contributed by atoms with van der Waals surface area (Å²) in [4.78, 5) is 26.7. The van der Waals surface area contributed by atoms with Crippen LogP contribution in [0.25, 0.3) is 0 Å². The zero-order valence-corrected chi connectivity index (χ0v) is 14.8. The maximum atomic E-state index is 12.6. The number of nitrogens with zero attached hydrogens (tertiary/aromatic N) is 1. The fraction of sp³-hybridized carbons (Fsp3) is 0.333. The Morgan fingerprint density at radius 1 is 1.00 bits per heavy atom. The van der Waals surface area contributed by atoms with Gasteiger partial charge in [0.1, 0.15) is 0 Å². The largest absolute Gasteiger partial charge is 0.341 e. The minimum atomic E-state index is -0.535. The number of nitrogens with two attached hydrogens (primary N) is 1. The molecular formula is C21H25N3O2. The topological polar surface area (TPSA) is 75.4 Å². The summed E-state index contributed by atoms with van der Waals surface area (Å²) in [5.41, 5.74) is 7.97. The smallest absolute Gasteiger partial charge is 0.239 e. The lowest BCUT2D eigenvalue weighted by atomic mass is 9.95. The molecule has 0 spiro atoms. The van der Waals surface area contributed by atoms with Crippen LogP contribution in [0.15, 0.2) is 60.7 Å². The van der Waals surface area contributed by atoms with Crippen LogP contribution in [0.3, 0.4) is 0 Å². The molecule has 0 bridgehead atoms. The normalized spacial score (nSPS) is 16.1. The van der Waals surface area contributed by atoms with Crippen molar-refractivity contribution in [3.63, 3.8) is 0 Å². The van der Waals surface area contributed by atoms with Crippen LogP contribution < -0.4 is 11.1 Å². The predicted octanol–water partition coefficient (Wildman–Crippen LogP) is 2.43. The molecule has 1 heterocycles. The molecule has 2 aromatic carbocycles. The van der Waals surface area contributed by atoms with Gasteiger partial charge in [0.15, 0.2) is 0 Å². The molecule has 1 aliphatic heterocycles. The van der Waals surface area contributed by atoms with E-state index in [1.54, 1.807) is 4.90 Å². The molecule has 1 aliphatic rings. The maximum absolute atomic E-state index is 12.6. The number of likely N-dealkylation sites (tertiary alicyclic amines) is 1. The van der Waals surface area contributed by atoms with Gasteiger partial charge in [-0.25, -0.2) is 0 Å². The summed E-state index contributed by atoms with van der Waals surface area (Å²) in [7, 11) is 0. The van der Waals surface area contributed by atoms with Gasteiger partial charge in [-0.05, 0) is 37.0 Å². The summed E-state index contributed by atoms with van der Waals surface area (Å²) >= 11 is 0. The van der Waals surface area contributed by atoms with E-state index >= 15 is 0 Å². The highest BCUT2D eigenvalue weighted by Crippen LogP contribution is 2.20. The van der Waals surface area contributed by atoms with Gasteiger partial charge in [0, 0.05) is 24.7 Å². The van der Waals surface area contributed by atoms with Crippen molar-refractivity contribution in [3.8, 4) is 0 Å². The molecule has 0 aliphatic carbocycles. The van der Waals surface area contributed by atoms with Crippen molar-refractivity contribution < 1.29 is 9.59 Å². The van der Waals surface area contributed by atoms with E-state index in [2.05, 4.69) is 5.32 Å². The number of rotatable bonds is 5. The van der Waals surface area contributed by atoms with Crippen molar-refractivity contribution in [1.29, 1.82) is 0 Å². The van der Waals surface area contributed by atoms with Crippen LogP contribution in [0.2, 0.25) is 0 Å². The monoisotopic (exact) mass is 351 g/mol. The van der Waals surface area contributed by atoms with Gasteiger partial charge < -0.3 is 16.0 Å². The highest BCUT2D eigenvalue weighted by Gasteiger charge is 2.29. The standard InChI is InChI=1S/C21H25N3O2/c22-19(15-16-7-3-1-4-8-16)21(26)24-13-11-17(12-14-24)20(25)23-18-9-5-2-6-10-18/h1-10,17,19H,11-15,22H2,(H,23,25). The fourth-order valence-corrected chi connectivity index (χ4v) is 3.32. The predicted molar refractivity (Wildman–Crippen MR) is 102 cm³/mol. The molecule has 1 fully saturated rings. The van der Waals surface area contributed by atoms with Crippen LogP contribution in [0.1, 0.15) is 18.4 Å². The number of nitrogens with one attached hydrogen (secondary N) is 1. The van der Waals surface area contributed by atoms with Crippen LogP contribution in [0.4, 0.5) is 5.69 Å². The molecule has 1 atom stereocenters. The van der Waals surface area contributed by atoms with E-state index in [0.29, 0.717) is 32.4 Å². The van der Waals surface area contributed by atoms with Crippen LogP contribution in [-0.2, 0) is 16.0 Å².